The van der Waals surface area contributed by atoms with Crippen molar-refractivity contribution in [1.82, 2.24) is 9.55 Å². The Morgan fingerprint density at radius 2 is 2.03 bits per heavy atom. The van der Waals surface area contributed by atoms with Crippen LogP contribution in [0.2, 0.25) is 10.0 Å². The van der Waals surface area contributed by atoms with Gasteiger partial charge in [0.15, 0.2) is 4.77 Å². The highest BCUT2D eigenvalue weighted by molar-refractivity contribution is 7.71. The van der Waals surface area contributed by atoms with Crippen LogP contribution in [0.5, 0.6) is 5.75 Å². The highest BCUT2D eigenvalue weighted by atomic mass is 35.5. The summed E-state index contributed by atoms with van der Waals surface area (Å²) in [5.74, 6) is -2.81. The molecule has 1 aromatic heterocycles. The number of nitrogens with zero attached hydrogens (tertiary/aromatic N) is 1. The molecule has 0 aliphatic carbocycles. The Bertz CT molecular complexity index is 1150. The largest absolute Gasteiger partial charge is 0.534 e. The third kappa shape index (κ3) is 5.44. The molecule has 32 heavy (non-hydrogen) atoms. The number of aliphatic hydroxyl groups is 2. The van der Waals surface area contributed by atoms with Crippen LogP contribution in [0.3, 0.4) is 0 Å². The number of benzene rings is 1. The summed E-state index contributed by atoms with van der Waals surface area (Å²) >= 11 is 16.8. The molecule has 10 nitrogen and oxygen atoms in total. The number of phosphoric ester groups is 1. The maximum absolute atomic E-state index is 12.8. The zero-order valence-corrected chi connectivity index (χ0v) is 20.2. The lowest BCUT2D eigenvalue weighted by atomic mass is 10.2. The van der Waals surface area contributed by atoms with E-state index in [9.17, 15) is 19.6 Å². The Labute approximate surface area is 198 Å². The number of nitrogens with one attached hydrogen (secondary N) is 1. The van der Waals surface area contributed by atoms with E-state index in [2.05, 4.69) is 4.98 Å². The van der Waals surface area contributed by atoms with Crippen molar-refractivity contribution in [2.75, 3.05) is 0 Å². The fourth-order valence-electron chi connectivity index (χ4n) is 3.09. The molecule has 4 rings (SSSR count). The van der Waals surface area contributed by atoms with Crippen LogP contribution < -0.4 is 10.1 Å². The molecular formula is C18H21Cl2N2O8PS. The molecule has 0 saturated carbocycles. The molecule has 3 atom stereocenters. The summed E-state index contributed by atoms with van der Waals surface area (Å²) in [6, 6.07) is 4.55. The van der Waals surface area contributed by atoms with Crippen molar-refractivity contribution in [3.63, 3.8) is 0 Å². The second kappa shape index (κ2) is 9.92. The first-order chi connectivity index (χ1) is 15.1. The van der Waals surface area contributed by atoms with E-state index in [1.165, 1.54) is 22.9 Å². The highest BCUT2D eigenvalue weighted by Gasteiger charge is 2.50. The van der Waals surface area contributed by atoms with E-state index >= 15 is 0 Å². The Balaban J connectivity index is 0.00000141. The Morgan fingerprint density at radius 1 is 1.31 bits per heavy atom. The van der Waals surface area contributed by atoms with Gasteiger partial charge < -0.3 is 19.5 Å². The Morgan fingerprint density at radius 3 is 2.75 bits per heavy atom. The van der Waals surface area contributed by atoms with E-state index in [0.29, 0.717) is 10.6 Å². The molecule has 1 saturated heterocycles. The van der Waals surface area contributed by atoms with Crippen LogP contribution in [0, 0.1) is 4.77 Å². The summed E-state index contributed by atoms with van der Waals surface area (Å²) < 4.78 is 35.1. The minimum absolute atomic E-state index is 0.0412. The first-order valence-corrected chi connectivity index (χ1v) is 12.2. The Hall–Kier alpha value is -1.27. The predicted octanol–water partition coefficient (Wildman–Crippen LogP) is 4.29. The molecule has 3 N–H and O–H groups in total. The maximum atomic E-state index is 12.8. The average Bonchev–Trinajstić information content (AvgIpc) is 3.23. The molecule has 0 amide bonds. The van der Waals surface area contributed by atoms with Crippen LogP contribution >= 0.6 is 43.2 Å². The lowest BCUT2D eigenvalue weighted by Gasteiger charge is -2.32. The number of aromatic amines is 1. The SMILES string of the molecule is CC.O=c1[nH]c(=S)n(C2CCC(C(O)(O)OP3(=O)OCc4cc(Cl)ccc4O3)O2)cc1Cl. The lowest BCUT2D eigenvalue weighted by Crippen LogP contribution is -2.44. The molecule has 2 aliphatic rings. The minimum atomic E-state index is -4.37. The van der Waals surface area contributed by atoms with Crippen LogP contribution in [0.15, 0.2) is 29.2 Å². The van der Waals surface area contributed by atoms with Gasteiger partial charge in [0.25, 0.3) is 5.56 Å². The molecule has 176 valence electrons. The number of hydrogen-bond donors (Lipinski definition) is 3. The van der Waals surface area contributed by atoms with Gasteiger partial charge in [0.1, 0.15) is 23.1 Å². The highest BCUT2D eigenvalue weighted by Crippen LogP contribution is 2.57. The zero-order chi connectivity index (χ0) is 23.7. The number of aromatic nitrogens is 2. The molecule has 2 aromatic rings. The van der Waals surface area contributed by atoms with Gasteiger partial charge in [-0.05, 0) is 43.3 Å². The average molecular weight is 527 g/mol. The van der Waals surface area contributed by atoms with Gasteiger partial charge in [0.2, 0.25) is 0 Å². The van der Waals surface area contributed by atoms with Gasteiger partial charge in [0, 0.05) is 16.8 Å². The van der Waals surface area contributed by atoms with Crippen LogP contribution in [-0.2, 0) is 25.0 Å². The van der Waals surface area contributed by atoms with Crippen LogP contribution in [-0.4, -0.2) is 31.8 Å². The van der Waals surface area contributed by atoms with Crippen molar-refractivity contribution in [2.24, 2.45) is 0 Å². The molecular weight excluding hydrogens is 506 g/mol. The van der Waals surface area contributed by atoms with E-state index in [1.54, 1.807) is 6.07 Å². The van der Waals surface area contributed by atoms with E-state index in [0.717, 1.165) is 0 Å². The molecule has 14 heteroatoms. The third-order valence-electron chi connectivity index (χ3n) is 4.51. The molecule has 0 bridgehead atoms. The maximum Gasteiger partial charge on any atom is 0.534 e. The number of H-pyrrole nitrogens is 1. The van der Waals surface area contributed by atoms with E-state index < -0.39 is 31.7 Å². The minimum Gasteiger partial charge on any atom is -0.404 e. The second-order valence-electron chi connectivity index (χ2n) is 6.61. The molecule has 3 heterocycles. The van der Waals surface area contributed by atoms with Gasteiger partial charge in [-0.15, -0.1) is 0 Å². The van der Waals surface area contributed by atoms with Crippen LogP contribution in [0.4, 0.5) is 0 Å². The van der Waals surface area contributed by atoms with Crippen molar-refractivity contribution < 1.29 is 33.1 Å². The Kier molecular flexibility index (Phi) is 7.86. The van der Waals surface area contributed by atoms with E-state index in [1.807, 2.05) is 13.8 Å². The van der Waals surface area contributed by atoms with Crippen molar-refractivity contribution in [3.05, 3.63) is 55.1 Å². The summed E-state index contributed by atoms with van der Waals surface area (Å²) in [5.41, 5.74) is -0.0266. The quantitative estimate of drug-likeness (QED) is 0.303. The number of hydrogen-bond acceptors (Lipinski definition) is 9. The summed E-state index contributed by atoms with van der Waals surface area (Å²) in [4.78, 5) is 13.9. The van der Waals surface area contributed by atoms with Crippen molar-refractivity contribution in [3.8, 4) is 5.75 Å². The number of fused-ring (bicyclic) bond motifs is 1. The zero-order valence-electron chi connectivity index (χ0n) is 17.0. The summed E-state index contributed by atoms with van der Waals surface area (Å²) in [6.45, 7) is 3.84. The first kappa shape index (κ1) is 25.4. The smallest absolute Gasteiger partial charge is 0.404 e. The molecule has 2 aliphatic heterocycles. The molecule has 1 aromatic carbocycles. The van der Waals surface area contributed by atoms with E-state index in [-0.39, 0.29) is 35.0 Å². The van der Waals surface area contributed by atoms with Gasteiger partial charge in [-0.25, -0.2) is 9.09 Å². The molecule has 0 spiro atoms. The van der Waals surface area contributed by atoms with Crippen LogP contribution in [0.25, 0.3) is 0 Å². The van der Waals surface area contributed by atoms with E-state index in [4.69, 9.17) is 53.7 Å². The van der Waals surface area contributed by atoms with Gasteiger partial charge in [-0.1, -0.05) is 37.0 Å². The molecule has 1 fully saturated rings. The third-order valence-corrected chi connectivity index (χ3v) is 6.68. The fraction of sp³-hybridized carbons (Fsp3) is 0.444. The first-order valence-electron chi connectivity index (χ1n) is 9.61. The van der Waals surface area contributed by atoms with Crippen LogP contribution in [0.1, 0.15) is 38.5 Å². The lowest BCUT2D eigenvalue weighted by molar-refractivity contribution is -0.349. The molecule has 0 radical (unpaired) electrons. The molecule has 3 unspecified atom stereocenters. The second-order valence-corrected chi connectivity index (χ2v) is 9.36. The fourth-order valence-corrected chi connectivity index (χ4v) is 5.00. The van der Waals surface area contributed by atoms with Crippen molar-refractivity contribution in [2.45, 2.75) is 51.6 Å². The number of halogens is 2. The summed E-state index contributed by atoms with van der Waals surface area (Å²) in [5, 5.41) is 21.1. The monoisotopic (exact) mass is 526 g/mol. The number of ether oxygens (including phenoxy) is 1. The van der Waals surface area contributed by atoms with Crippen molar-refractivity contribution in [1.29, 1.82) is 0 Å². The van der Waals surface area contributed by atoms with Gasteiger partial charge in [-0.2, -0.15) is 0 Å². The number of phosphoric acid groups is 1. The number of rotatable bonds is 4. The normalized spacial score (nSPS) is 24.8. The van der Waals surface area contributed by atoms with Gasteiger partial charge in [0.05, 0.1) is 6.61 Å². The topological polar surface area (TPSA) is 132 Å². The standard InChI is InChI=1S/C16H15Cl2N2O8PS.C2H6/c17-9-1-2-11-8(5-9)7-25-29(24,27-11)28-16(22,23)12-3-4-13(26-12)20-6-10(18)14(21)19-15(20)30;1-2/h1-2,5-6,12-13,22-23H,3-4,7H2,(H,19,21,30);1-2H3. The predicted molar refractivity (Wildman–Crippen MR) is 118 cm³/mol. The summed E-state index contributed by atoms with van der Waals surface area (Å²) in [7, 11) is -4.37. The summed E-state index contributed by atoms with van der Waals surface area (Å²) in [6.07, 6.45) is -0.427. The van der Waals surface area contributed by atoms with Gasteiger partial charge in [-0.3, -0.25) is 18.9 Å². The van der Waals surface area contributed by atoms with Gasteiger partial charge >= 0.3 is 13.8 Å². The van der Waals surface area contributed by atoms with Crippen molar-refractivity contribution >= 4 is 43.2 Å².